The van der Waals surface area contributed by atoms with E-state index >= 15 is 0 Å². The van der Waals surface area contributed by atoms with Gasteiger partial charge in [-0.05, 0) is 12.8 Å². The Kier molecular flexibility index (Phi) is 7.53. The van der Waals surface area contributed by atoms with Crippen LogP contribution in [0, 0.1) is 5.41 Å². The van der Waals surface area contributed by atoms with Crippen molar-refractivity contribution in [2.75, 3.05) is 26.3 Å². The molecule has 0 N–H and O–H groups in total. The molecule has 2 fully saturated rings. The molecule has 0 aromatic rings. The maximum Gasteiger partial charge on any atom is 0.0569 e. The number of hydrogen-bond donors (Lipinski definition) is 0. The van der Waals surface area contributed by atoms with Gasteiger partial charge in [-0.2, -0.15) is 0 Å². The van der Waals surface area contributed by atoms with Crippen molar-refractivity contribution in [3.63, 3.8) is 0 Å². The Morgan fingerprint density at radius 3 is 1.81 bits per heavy atom. The summed E-state index contributed by atoms with van der Waals surface area (Å²) in [6.45, 7) is 9.31. The van der Waals surface area contributed by atoms with Gasteiger partial charge < -0.3 is 4.74 Å². The summed E-state index contributed by atoms with van der Waals surface area (Å²) in [5.41, 5.74) is 0.587. The SMILES string of the molecule is CCCCCCCC(CCCCCC)N1CC2(COC2)C1. The molecule has 0 saturated carbocycles. The topological polar surface area (TPSA) is 12.5 Å². The molecule has 2 aliphatic heterocycles. The Balaban J connectivity index is 1.63. The fourth-order valence-electron chi connectivity index (χ4n) is 3.95. The lowest BCUT2D eigenvalue weighted by Crippen LogP contribution is -2.68. The smallest absolute Gasteiger partial charge is 0.0569 e. The Labute approximate surface area is 132 Å². The fourth-order valence-corrected chi connectivity index (χ4v) is 3.95. The Hall–Kier alpha value is -0.0800. The van der Waals surface area contributed by atoms with Crippen LogP contribution >= 0.6 is 0 Å². The van der Waals surface area contributed by atoms with Crippen molar-refractivity contribution < 1.29 is 4.74 Å². The zero-order valence-electron chi connectivity index (χ0n) is 14.5. The van der Waals surface area contributed by atoms with Gasteiger partial charge >= 0.3 is 0 Å². The summed E-state index contributed by atoms with van der Waals surface area (Å²) < 4.78 is 5.42. The van der Waals surface area contributed by atoms with E-state index in [2.05, 4.69) is 18.7 Å². The number of rotatable bonds is 12. The van der Waals surface area contributed by atoms with Crippen molar-refractivity contribution >= 4 is 0 Å². The zero-order valence-corrected chi connectivity index (χ0v) is 14.5. The number of nitrogens with zero attached hydrogens (tertiary/aromatic N) is 1. The molecule has 0 amide bonds. The van der Waals surface area contributed by atoms with Gasteiger partial charge in [-0.25, -0.2) is 0 Å². The van der Waals surface area contributed by atoms with Gasteiger partial charge in [-0.15, -0.1) is 0 Å². The standard InChI is InChI=1S/C19H37NO/c1-3-5-7-9-11-13-18(12-10-8-6-4-2)20-14-19(15-20)16-21-17-19/h18H,3-17H2,1-2H3. The highest BCUT2D eigenvalue weighted by Gasteiger charge is 2.50. The Morgan fingerprint density at radius 1 is 0.810 bits per heavy atom. The van der Waals surface area contributed by atoms with E-state index in [1.807, 2.05) is 0 Å². The van der Waals surface area contributed by atoms with E-state index in [-0.39, 0.29) is 0 Å². The van der Waals surface area contributed by atoms with Crippen LogP contribution in [-0.4, -0.2) is 37.2 Å². The summed E-state index contributed by atoms with van der Waals surface area (Å²) in [6.07, 6.45) is 15.6. The third kappa shape index (κ3) is 5.25. The maximum absolute atomic E-state index is 5.42. The molecule has 124 valence electrons. The van der Waals surface area contributed by atoms with E-state index in [1.54, 1.807) is 0 Å². The van der Waals surface area contributed by atoms with Crippen LogP contribution in [-0.2, 0) is 4.74 Å². The zero-order chi connectivity index (χ0) is 15.0. The summed E-state index contributed by atoms with van der Waals surface area (Å²) in [5, 5.41) is 0. The summed E-state index contributed by atoms with van der Waals surface area (Å²) in [7, 11) is 0. The lowest BCUT2D eigenvalue weighted by molar-refractivity contribution is -0.199. The molecule has 2 saturated heterocycles. The predicted octanol–water partition coefficient (Wildman–Crippen LogP) is 5.02. The quantitative estimate of drug-likeness (QED) is 0.469. The molecular formula is C19H37NO. The van der Waals surface area contributed by atoms with E-state index in [0.29, 0.717) is 5.41 Å². The number of hydrogen-bond acceptors (Lipinski definition) is 2. The molecule has 1 unspecified atom stereocenters. The van der Waals surface area contributed by atoms with Crippen molar-refractivity contribution in [1.82, 2.24) is 4.90 Å². The van der Waals surface area contributed by atoms with Gasteiger partial charge in [0, 0.05) is 24.5 Å². The normalized spacial score (nSPS) is 22.0. The second kappa shape index (κ2) is 9.15. The lowest BCUT2D eigenvalue weighted by Gasteiger charge is -2.57. The van der Waals surface area contributed by atoms with Crippen LogP contribution < -0.4 is 0 Å². The third-order valence-electron chi connectivity index (χ3n) is 5.44. The highest BCUT2D eigenvalue weighted by molar-refractivity contribution is 5.01. The first-order valence-corrected chi connectivity index (χ1v) is 9.61. The van der Waals surface area contributed by atoms with Crippen molar-refractivity contribution in [2.45, 2.75) is 90.5 Å². The van der Waals surface area contributed by atoms with Crippen LogP contribution in [0.4, 0.5) is 0 Å². The molecule has 0 radical (unpaired) electrons. The highest BCUT2D eigenvalue weighted by Crippen LogP contribution is 2.40. The number of ether oxygens (including phenoxy) is 1. The molecule has 0 aliphatic carbocycles. The lowest BCUT2D eigenvalue weighted by atomic mass is 9.76. The first kappa shape index (κ1) is 17.3. The summed E-state index contributed by atoms with van der Waals surface area (Å²) in [4.78, 5) is 2.77. The second-order valence-electron chi connectivity index (χ2n) is 7.60. The minimum atomic E-state index is 0.587. The van der Waals surface area contributed by atoms with Crippen molar-refractivity contribution in [1.29, 1.82) is 0 Å². The average Bonchev–Trinajstić information content (AvgIpc) is 2.39. The second-order valence-corrected chi connectivity index (χ2v) is 7.60. The van der Waals surface area contributed by atoms with E-state index in [9.17, 15) is 0 Å². The highest BCUT2D eigenvalue weighted by atomic mass is 16.5. The van der Waals surface area contributed by atoms with Gasteiger partial charge in [0.25, 0.3) is 0 Å². The minimum absolute atomic E-state index is 0.587. The Morgan fingerprint density at radius 2 is 1.33 bits per heavy atom. The van der Waals surface area contributed by atoms with Gasteiger partial charge in [-0.1, -0.05) is 71.6 Å². The summed E-state index contributed by atoms with van der Waals surface area (Å²) in [6, 6.07) is 0.870. The maximum atomic E-state index is 5.42. The van der Waals surface area contributed by atoms with Crippen LogP contribution in [0.1, 0.15) is 84.5 Å². The molecule has 0 bridgehead atoms. The third-order valence-corrected chi connectivity index (χ3v) is 5.44. The number of unbranched alkanes of at least 4 members (excludes halogenated alkanes) is 7. The van der Waals surface area contributed by atoms with E-state index < -0.39 is 0 Å². The van der Waals surface area contributed by atoms with Crippen LogP contribution in [0.5, 0.6) is 0 Å². The summed E-state index contributed by atoms with van der Waals surface area (Å²) in [5.74, 6) is 0. The van der Waals surface area contributed by atoms with Crippen LogP contribution in [0.25, 0.3) is 0 Å². The van der Waals surface area contributed by atoms with Crippen molar-refractivity contribution in [3.05, 3.63) is 0 Å². The molecule has 2 aliphatic rings. The fraction of sp³-hybridized carbons (Fsp3) is 1.00. The molecule has 2 nitrogen and oxygen atoms in total. The van der Waals surface area contributed by atoms with Gasteiger partial charge in [0.05, 0.1) is 13.2 Å². The van der Waals surface area contributed by atoms with Gasteiger partial charge in [0.1, 0.15) is 0 Å². The van der Waals surface area contributed by atoms with Gasteiger partial charge in [0.2, 0.25) is 0 Å². The minimum Gasteiger partial charge on any atom is -0.380 e. The van der Waals surface area contributed by atoms with Gasteiger partial charge in [-0.3, -0.25) is 4.90 Å². The number of likely N-dealkylation sites (tertiary alicyclic amines) is 1. The van der Waals surface area contributed by atoms with Crippen LogP contribution in [0.15, 0.2) is 0 Å². The first-order chi connectivity index (χ1) is 10.3. The molecule has 0 aromatic heterocycles. The molecule has 1 spiro atoms. The van der Waals surface area contributed by atoms with Crippen LogP contribution in [0.2, 0.25) is 0 Å². The molecule has 2 heteroatoms. The van der Waals surface area contributed by atoms with E-state index in [1.165, 1.54) is 83.7 Å². The molecular weight excluding hydrogens is 258 g/mol. The van der Waals surface area contributed by atoms with E-state index in [0.717, 1.165) is 19.3 Å². The van der Waals surface area contributed by atoms with Gasteiger partial charge in [0.15, 0.2) is 0 Å². The Bertz CT molecular complexity index is 267. The molecule has 21 heavy (non-hydrogen) atoms. The molecule has 2 rings (SSSR count). The largest absolute Gasteiger partial charge is 0.380 e. The van der Waals surface area contributed by atoms with Crippen molar-refractivity contribution in [3.8, 4) is 0 Å². The monoisotopic (exact) mass is 295 g/mol. The average molecular weight is 296 g/mol. The molecule has 1 atom stereocenters. The molecule has 0 aromatic carbocycles. The predicted molar refractivity (Wildman–Crippen MR) is 90.7 cm³/mol. The van der Waals surface area contributed by atoms with Crippen molar-refractivity contribution in [2.24, 2.45) is 5.41 Å². The van der Waals surface area contributed by atoms with Crippen LogP contribution in [0.3, 0.4) is 0 Å². The molecule has 2 heterocycles. The van der Waals surface area contributed by atoms with E-state index in [4.69, 9.17) is 4.74 Å². The summed E-state index contributed by atoms with van der Waals surface area (Å²) >= 11 is 0. The first-order valence-electron chi connectivity index (χ1n) is 9.61.